The summed E-state index contributed by atoms with van der Waals surface area (Å²) in [7, 11) is 0. The third kappa shape index (κ3) is 5.25. The summed E-state index contributed by atoms with van der Waals surface area (Å²) < 4.78 is 0. The molecule has 2 rings (SSSR count). The fraction of sp³-hybridized carbons (Fsp3) is 0.750. The molecule has 0 amide bonds. The van der Waals surface area contributed by atoms with Crippen LogP contribution in [0.1, 0.15) is 50.3 Å². The highest BCUT2D eigenvalue weighted by molar-refractivity contribution is 7.11. The van der Waals surface area contributed by atoms with Crippen molar-refractivity contribution in [2.75, 3.05) is 6.54 Å². The van der Waals surface area contributed by atoms with E-state index in [2.05, 4.69) is 50.0 Å². The average Bonchev–Trinajstić information content (AvgIpc) is 3.07. The second-order valence-electron chi connectivity index (χ2n) is 6.46. The summed E-state index contributed by atoms with van der Waals surface area (Å²) >= 11 is 1.97. The lowest BCUT2D eigenvalue weighted by atomic mass is 10.2. The number of nitrogens with zero attached hydrogens (tertiary/aromatic N) is 1. The fourth-order valence-corrected chi connectivity index (χ4v) is 3.35. The van der Waals surface area contributed by atoms with Gasteiger partial charge >= 0.3 is 0 Å². The minimum Gasteiger partial charge on any atom is -0.310 e. The Morgan fingerprint density at radius 2 is 1.89 bits per heavy atom. The predicted molar refractivity (Wildman–Crippen MR) is 84.6 cm³/mol. The molecule has 0 unspecified atom stereocenters. The molecular formula is C16H28N2S. The molecule has 2 nitrogen and oxygen atoms in total. The zero-order valence-electron chi connectivity index (χ0n) is 12.8. The second-order valence-corrected chi connectivity index (χ2v) is 7.71. The van der Waals surface area contributed by atoms with Crippen molar-refractivity contribution in [3.05, 3.63) is 21.9 Å². The maximum Gasteiger partial charge on any atom is 0.0331 e. The molecule has 1 saturated carbocycles. The van der Waals surface area contributed by atoms with E-state index in [1.54, 1.807) is 0 Å². The van der Waals surface area contributed by atoms with E-state index < -0.39 is 0 Å². The zero-order valence-corrected chi connectivity index (χ0v) is 13.6. The van der Waals surface area contributed by atoms with Crippen molar-refractivity contribution in [3.8, 4) is 0 Å². The van der Waals surface area contributed by atoms with Gasteiger partial charge in [0.2, 0.25) is 0 Å². The molecule has 1 fully saturated rings. The summed E-state index contributed by atoms with van der Waals surface area (Å²) in [5.74, 6) is 0.766. The third-order valence-electron chi connectivity index (χ3n) is 3.42. The molecule has 1 aromatic heterocycles. The molecule has 0 spiro atoms. The van der Waals surface area contributed by atoms with Gasteiger partial charge < -0.3 is 5.32 Å². The molecule has 19 heavy (non-hydrogen) atoms. The molecule has 1 aliphatic rings. The smallest absolute Gasteiger partial charge is 0.0331 e. The monoisotopic (exact) mass is 280 g/mol. The van der Waals surface area contributed by atoms with Gasteiger partial charge in [-0.15, -0.1) is 11.3 Å². The molecule has 3 heteroatoms. The first-order chi connectivity index (χ1) is 9.04. The van der Waals surface area contributed by atoms with E-state index in [1.807, 2.05) is 11.3 Å². The van der Waals surface area contributed by atoms with Gasteiger partial charge in [-0.25, -0.2) is 0 Å². The van der Waals surface area contributed by atoms with Crippen LogP contribution in [0.4, 0.5) is 0 Å². The maximum atomic E-state index is 3.49. The minimum absolute atomic E-state index is 0.564. The Hall–Kier alpha value is -0.380. The summed E-state index contributed by atoms with van der Waals surface area (Å²) in [5.41, 5.74) is 0. The Kier molecular flexibility index (Phi) is 5.43. The standard InChI is InChI=1S/C16H28N2S/c1-12(2)10-18(14-5-6-14)11-16-8-7-15(19-16)9-17-13(3)4/h7-8,12-14,17H,5-6,9-11H2,1-4H3. The number of thiophene rings is 1. The first kappa shape index (κ1) is 15.0. The van der Waals surface area contributed by atoms with Gasteiger partial charge in [0.25, 0.3) is 0 Å². The Labute approximate surface area is 122 Å². The van der Waals surface area contributed by atoms with Gasteiger partial charge in [0.15, 0.2) is 0 Å². The van der Waals surface area contributed by atoms with E-state index in [-0.39, 0.29) is 0 Å². The highest BCUT2D eigenvalue weighted by Gasteiger charge is 2.29. The van der Waals surface area contributed by atoms with Gasteiger partial charge in [-0.3, -0.25) is 4.90 Å². The topological polar surface area (TPSA) is 15.3 Å². The van der Waals surface area contributed by atoms with E-state index in [1.165, 1.54) is 29.1 Å². The molecule has 108 valence electrons. The molecular weight excluding hydrogens is 252 g/mol. The third-order valence-corrected chi connectivity index (χ3v) is 4.49. The Morgan fingerprint density at radius 1 is 1.21 bits per heavy atom. The number of nitrogens with one attached hydrogen (secondary N) is 1. The molecule has 1 heterocycles. The lowest BCUT2D eigenvalue weighted by Gasteiger charge is -2.23. The first-order valence-electron chi connectivity index (χ1n) is 7.59. The molecule has 0 bridgehead atoms. The lowest BCUT2D eigenvalue weighted by Crippen LogP contribution is -2.29. The van der Waals surface area contributed by atoms with Crippen LogP contribution >= 0.6 is 11.3 Å². The Morgan fingerprint density at radius 3 is 2.47 bits per heavy atom. The van der Waals surface area contributed by atoms with Crippen LogP contribution in [-0.2, 0) is 13.1 Å². The largest absolute Gasteiger partial charge is 0.310 e. The van der Waals surface area contributed by atoms with Crippen LogP contribution in [0.15, 0.2) is 12.1 Å². The average molecular weight is 280 g/mol. The molecule has 1 aliphatic carbocycles. The summed E-state index contributed by atoms with van der Waals surface area (Å²) in [5, 5.41) is 3.49. The van der Waals surface area contributed by atoms with Crippen molar-refractivity contribution < 1.29 is 0 Å². The fourth-order valence-electron chi connectivity index (χ4n) is 2.36. The summed E-state index contributed by atoms with van der Waals surface area (Å²) in [6.45, 7) is 12.4. The Balaban J connectivity index is 1.86. The van der Waals surface area contributed by atoms with Crippen LogP contribution in [0, 0.1) is 5.92 Å². The molecule has 1 aromatic rings. The van der Waals surface area contributed by atoms with E-state index in [0.717, 1.165) is 25.0 Å². The predicted octanol–water partition coefficient (Wildman–Crippen LogP) is 3.87. The van der Waals surface area contributed by atoms with Crippen molar-refractivity contribution in [1.82, 2.24) is 10.2 Å². The van der Waals surface area contributed by atoms with Gasteiger partial charge in [0, 0.05) is 41.5 Å². The molecule has 0 saturated heterocycles. The van der Waals surface area contributed by atoms with E-state index >= 15 is 0 Å². The van der Waals surface area contributed by atoms with Crippen LogP contribution in [-0.4, -0.2) is 23.5 Å². The van der Waals surface area contributed by atoms with Gasteiger partial charge in [0.05, 0.1) is 0 Å². The molecule has 0 radical (unpaired) electrons. The van der Waals surface area contributed by atoms with Crippen LogP contribution in [0.25, 0.3) is 0 Å². The molecule has 1 N–H and O–H groups in total. The summed E-state index contributed by atoms with van der Waals surface area (Å²) in [6.07, 6.45) is 2.81. The summed E-state index contributed by atoms with van der Waals surface area (Å²) in [6, 6.07) is 6.03. The van der Waals surface area contributed by atoms with Gasteiger partial charge in [-0.05, 0) is 30.9 Å². The number of hydrogen-bond acceptors (Lipinski definition) is 3. The molecule has 0 atom stereocenters. The van der Waals surface area contributed by atoms with Crippen molar-refractivity contribution in [2.24, 2.45) is 5.92 Å². The minimum atomic E-state index is 0.564. The van der Waals surface area contributed by atoms with Crippen LogP contribution in [0.5, 0.6) is 0 Å². The highest BCUT2D eigenvalue weighted by Crippen LogP contribution is 2.30. The summed E-state index contributed by atoms with van der Waals surface area (Å²) in [4.78, 5) is 5.66. The van der Waals surface area contributed by atoms with Gasteiger partial charge in [-0.2, -0.15) is 0 Å². The van der Waals surface area contributed by atoms with Gasteiger partial charge in [0.1, 0.15) is 0 Å². The van der Waals surface area contributed by atoms with Crippen LogP contribution in [0.2, 0.25) is 0 Å². The van der Waals surface area contributed by atoms with Crippen molar-refractivity contribution in [1.29, 1.82) is 0 Å². The molecule has 0 aromatic carbocycles. The first-order valence-corrected chi connectivity index (χ1v) is 8.41. The number of hydrogen-bond donors (Lipinski definition) is 1. The molecule has 0 aliphatic heterocycles. The zero-order chi connectivity index (χ0) is 13.8. The van der Waals surface area contributed by atoms with Crippen LogP contribution in [0.3, 0.4) is 0 Å². The Bertz CT molecular complexity index is 380. The van der Waals surface area contributed by atoms with Gasteiger partial charge in [-0.1, -0.05) is 27.7 Å². The quantitative estimate of drug-likeness (QED) is 0.777. The van der Waals surface area contributed by atoms with Crippen molar-refractivity contribution in [2.45, 2.75) is 65.7 Å². The van der Waals surface area contributed by atoms with E-state index in [9.17, 15) is 0 Å². The highest BCUT2D eigenvalue weighted by atomic mass is 32.1. The number of rotatable bonds is 8. The second kappa shape index (κ2) is 6.87. The van der Waals surface area contributed by atoms with Crippen molar-refractivity contribution >= 4 is 11.3 Å². The lowest BCUT2D eigenvalue weighted by molar-refractivity contribution is 0.228. The van der Waals surface area contributed by atoms with Crippen LogP contribution < -0.4 is 5.32 Å². The van der Waals surface area contributed by atoms with Crippen molar-refractivity contribution in [3.63, 3.8) is 0 Å². The van der Waals surface area contributed by atoms with E-state index in [0.29, 0.717) is 6.04 Å². The SMILES string of the molecule is CC(C)CN(Cc1ccc(CNC(C)C)s1)C1CC1. The maximum absolute atomic E-state index is 3.49. The normalized spacial score (nSPS) is 15.9. The van der Waals surface area contributed by atoms with E-state index in [4.69, 9.17) is 0 Å².